The highest BCUT2D eigenvalue weighted by molar-refractivity contribution is 6.37. The number of hydrogen-bond acceptors (Lipinski definition) is 2. The quantitative estimate of drug-likeness (QED) is 0.789. The molecule has 1 amide bonds. The monoisotopic (exact) mass is 272 g/mol. The first-order valence-corrected chi connectivity index (χ1v) is 6.26. The van der Waals surface area contributed by atoms with Crippen molar-refractivity contribution in [2.45, 2.75) is 25.8 Å². The summed E-state index contributed by atoms with van der Waals surface area (Å²) in [7, 11) is 0. The van der Waals surface area contributed by atoms with Gasteiger partial charge in [0, 0.05) is 24.5 Å². The van der Waals surface area contributed by atoms with Crippen LogP contribution in [0, 0.1) is 0 Å². The highest BCUT2D eigenvalue weighted by Crippen LogP contribution is 2.36. The summed E-state index contributed by atoms with van der Waals surface area (Å²) in [6.07, 6.45) is 1.46. The third-order valence-electron chi connectivity index (χ3n) is 2.96. The molecule has 0 aromatic heterocycles. The molecule has 2 N–H and O–H groups in total. The van der Waals surface area contributed by atoms with Crippen molar-refractivity contribution in [3.8, 4) is 0 Å². The second kappa shape index (κ2) is 4.84. The maximum absolute atomic E-state index is 11.7. The molecule has 92 valence electrons. The van der Waals surface area contributed by atoms with Crippen LogP contribution in [0.2, 0.25) is 10.0 Å². The Morgan fingerprint density at radius 3 is 2.82 bits per heavy atom. The molecule has 0 fully saturated rings. The number of fused-ring (bicyclic) bond motifs is 1. The van der Waals surface area contributed by atoms with E-state index in [0.29, 0.717) is 23.0 Å². The summed E-state index contributed by atoms with van der Waals surface area (Å²) in [6.45, 7) is 2.14. The van der Waals surface area contributed by atoms with Crippen LogP contribution in [0.4, 0.5) is 5.69 Å². The van der Waals surface area contributed by atoms with Gasteiger partial charge in [-0.15, -0.1) is 0 Å². The van der Waals surface area contributed by atoms with E-state index in [-0.39, 0.29) is 11.9 Å². The van der Waals surface area contributed by atoms with Crippen molar-refractivity contribution in [2.24, 2.45) is 5.73 Å². The highest BCUT2D eigenvalue weighted by atomic mass is 35.5. The molecule has 17 heavy (non-hydrogen) atoms. The number of rotatable bonds is 0. The first-order chi connectivity index (χ1) is 7.99. The van der Waals surface area contributed by atoms with Crippen LogP contribution < -0.4 is 10.6 Å². The Balaban J connectivity index is 2.57. The molecule has 1 aromatic rings. The number of carbonyl (C=O) groups is 1. The normalized spacial score (nSPS) is 19.8. The van der Waals surface area contributed by atoms with Crippen molar-refractivity contribution < 1.29 is 4.79 Å². The lowest BCUT2D eigenvalue weighted by atomic mass is 10.0. The predicted molar refractivity (Wildman–Crippen MR) is 70.8 cm³/mol. The maximum atomic E-state index is 11.7. The van der Waals surface area contributed by atoms with Gasteiger partial charge < -0.3 is 10.6 Å². The zero-order valence-corrected chi connectivity index (χ0v) is 11.1. The van der Waals surface area contributed by atoms with Crippen molar-refractivity contribution >= 4 is 34.8 Å². The van der Waals surface area contributed by atoms with Crippen LogP contribution in [0.25, 0.3) is 0 Å². The summed E-state index contributed by atoms with van der Waals surface area (Å²) in [6, 6.07) is 3.53. The molecular formula is C12H14Cl2N2O. The summed E-state index contributed by atoms with van der Waals surface area (Å²) in [5, 5.41) is 1.09. The van der Waals surface area contributed by atoms with E-state index in [9.17, 15) is 4.79 Å². The van der Waals surface area contributed by atoms with Gasteiger partial charge >= 0.3 is 0 Å². The van der Waals surface area contributed by atoms with Gasteiger partial charge in [0.25, 0.3) is 0 Å². The van der Waals surface area contributed by atoms with Crippen LogP contribution in [0.1, 0.15) is 18.9 Å². The molecule has 0 aliphatic carbocycles. The fraction of sp³-hybridized carbons (Fsp3) is 0.417. The third kappa shape index (κ3) is 2.57. The molecule has 1 aromatic carbocycles. The molecule has 0 spiro atoms. The van der Waals surface area contributed by atoms with Crippen molar-refractivity contribution in [1.29, 1.82) is 0 Å². The molecule has 0 saturated carbocycles. The second-order valence-electron chi connectivity index (χ2n) is 4.32. The second-order valence-corrected chi connectivity index (χ2v) is 5.16. The van der Waals surface area contributed by atoms with Gasteiger partial charge in [-0.3, -0.25) is 4.79 Å². The lowest BCUT2D eigenvalue weighted by Crippen LogP contribution is -2.31. The number of carbonyl (C=O) groups excluding carboxylic acids is 1. The first-order valence-electron chi connectivity index (χ1n) is 5.50. The SMILES string of the molecule is CC(=O)N1CCC(N)Cc2cc(Cl)cc(Cl)c21. The zero-order valence-electron chi connectivity index (χ0n) is 9.54. The molecule has 1 heterocycles. The fourth-order valence-corrected chi connectivity index (χ4v) is 2.82. The molecule has 0 radical (unpaired) electrons. The van der Waals surface area contributed by atoms with E-state index >= 15 is 0 Å². The smallest absolute Gasteiger partial charge is 0.223 e. The van der Waals surface area contributed by atoms with E-state index in [1.807, 2.05) is 6.07 Å². The minimum Gasteiger partial charge on any atom is -0.327 e. The molecule has 2 rings (SSSR count). The number of nitrogens with zero attached hydrogens (tertiary/aromatic N) is 1. The number of nitrogens with two attached hydrogens (primary N) is 1. The molecule has 0 saturated heterocycles. The van der Waals surface area contributed by atoms with Gasteiger partial charge in [0.15, 0.2) is 0 Å². The van der Waals surface area contributed by atoms with Gasteiger partial charge in [0.2, 0.25) is 5.91 Å². The van der Waals surface area contributed by atoms with Crippen molar-refractivity contribution in [3.63, 3.8) is 0 Å². The van der Waals surface area contributed by atoms with E-state index in [4.69, 9.17) is 28.9 Å². The molecule has 1 atom stereocenters. The van der Waals surface area contributed by atoms with Gasteiger partial charge in [-0.2, -0.15) is 0 Å². The summed E-state index contributed by atoms with van der Waals surface area (Å²) in [5.41, 5.74) is 7.70. The van der Waals surface area contributed by atoms with E-state index in [0.717, 1.165) is 17.7 Å². The zero-order chi connectivity index (χ0) is 12.6. The van der Waals surface area contributed by atoms with Crippen LogP contribution in [-0.4, -0.2) is 18.5 Å². The fourth-order valence-electron chi connectivity index (χ4n) is 2.18. The Morgan fingerprint density at radius 2 is 2.18 bits per heavy atom. The number of hydrogen-bond donors (Lipinski definition) is 1. The van der Waals surface area contributed by atoms with Crippen molar-refractivity contribution in [3.05, 3.63) is 27.7 Å². The number of halogens is 2. The van der Waals surface area contributed by atoms with E-state index in [1.165, 1.54) is 6.92 Å². The molecule has 1 aliphatic heterocycles. The molecule has 5 heteroatoms. The minimum atomic E-state index is -0.0235. The molecule has 1 unspecified atom stereocenters. The van der Waals surface area contributed by atoms with Gasteiger partial charge in [0.05, 0.1) is 10.7 Å². The van der Waals surface area contributed by atoms with E-state index in [2.05, 4.69) is 0 Å². The van der Waals surface area contributed by atoms with Crippen LogP contribution in [0.5, 0.6) is 0 Å². The largest absolute Gasteiger partial charge is 0.327 e. The lowest BCUT2D eigenvalue weighted by molar-refractivity contribution is -0.116. The lowest BCUT2D eigenvalue weighted by Gasteiger charge is -2.22. The predicted octanol–water partition coefficient (Wildman–Crippen LogP) is 2.62. The van der Waals surface area contributed by atoms with Crippen molar-refractivity contribution in [1.82, 2.24) is 0 Å². The number of amides is 1. The Morgan fingerprint density at radius 1 is 1.47 bits per heavy atom. The molecule has 3 nitrogen and oxygen atoms in total. The third-order valence-corrected chi connectivity index (χ3v) is 3.47. The van der Waals surface area contributed by atoms with Crippen molar-refractivity contribution in [2.75, 3.05) is 11.4 Å². The average Bonchev–Trinajstić information content (AvgIpc) is 2.36. The molecule has 0 bridgehead atoms. The summed E-state index contributed by atoms with van der Waals surface area (Å²) in [4.78, 5) is 13.3. The van der Waals surface area contributed by atoms with Gasteiger partial charge in [-0.25, -0.2) is 0 Å². The minimum absolute atomic E-state index is 0.0235. The topological polar surface area (TPSA) is 46.3 Å². The maximum Gasteiger partial charge on any atom is 0.223 e. The Kier molecular flexibility index (Phi) is 3.61. The average molecular weight is 273 g/mol. The van der Waals surface area contributed by atoms with Crippen LogP contribution in [0.3, 0.4) is 0 Å². The van der Waals surface area contributed by atoms with Crippen LogP contribution in [-0.2, 0) is 11.2 Å². The Labute approximate surface area is 110 Å². The summed E-state index contributed by atoms with van der Waals surface area (Å²) >= 11 is 12.2. The molecular weight excluding hydrogens is 259 g/mol. The Bertz CT molecular complexity index is 462. The number of benzene rings is 1. The summed E-state index contributed by atoms with van der Waals surface area (Å²) < 4.78 is 0. The first kappa shape index (κ1) is 12.7. The van der Waals surface area contributed by atoms with Crippen LogP contribution in [0.15, 0.2) is 12.1 Å². The van der Waals surface area contributed by atoms with E-state index < -0.39 is 0 Å². The van der Waals surface area contributed by atoms with Gasteiger partial charge in [-0.1, -0.05) is 23.2 Å². The number of anilines is 1. The van der Waals surface area contributed by atoms with Crippen LogP contribution >= 0.6 is 23.2 Å². The Hall–Kier alpha value is -0.770. The summed E-state index contributed by atoms with van der Waals surface area (Å²) in [5.74, 6) is -0.0235. The van der Waals surface area contributed by atoms with Gasteiger partial charge in [0.1, 0.15) is 0 Å². The van der Waals surface area contributed by atoms with E-state index in [1.54, 1.807) is 11.0 Å². The highest BCUT2D eigenvalue weighted by Gasteiger charge is 2.24. The standard InChI is InChI=1S/C12H14Cl2N2O/c1-7(17)16-3-2-10(15)5-8-4-9(13)6-11(14)12(8)16/h4,6,10H,2-3,5,15H2,1H3. The van der Waals surface area contributed by atoms with Gasteiger partial charge in [-0.05, 0) is 30.5 Å². The molecule has 1 aliphatic rings.